The first-order chi connectivity index (χ1) is 8.65. The fourth-order valence-electron chi connectivity index (χ4n) is 1.56. The summed E-state index contributed by atoms with van der Waals surface area (Å²) in [5, 5.41) is 5.77. The predicted molar refractivity (Wildman–Crippen MR) is 70.2 cm³/mol. The summed E-state index contributed by atoms with van der Waals surface area (Å²) < 4.78 is 1.95. The second-order valence-corrected chi connectivity index (χ2v) is 3.92. The lowest BCUT2D eigenvalue weighted by Gasteiger charge is -2.08. The van der Waals surface area contributed by atoms with Crippen molar-refractivity contribution in [2.24, 2.45) is 12.8 Å². The van der Waals surface area contributed by atoms with E-state index in [1.54, 1.807) is 18.5 Å². The Bertz CT molecular complexity index is 532. The van der Waals surface area contributed by atoms with Crippen LogP contribution in [0.15, 0.2) is 36.8 Å². The number of aryl methyl sites for hydroxylation is 1. The third kappa shape index (κ3) is 3.00. The Labute approximate surface area is 105 Å². The third-order valence-corrected chi connectivity index (χ3v) is 2.54. The van der Waals surface area contributed by atoms with Crippen LogP contribution in [-0.4, -0.2) is 15.6 Å². The van der Waals surface area contributed by atoms with E-state index in [4.69, 9.17) is 5.73 Å². The number of primary amides is 1. The zero-order chi connectivity index (χ0) is 13.0. The van der Waals surface area contributed by atoms with Crippen molar-refractivity contribution >= 4 is 17.4 Å². The quantitative estimate of drug-likeness (QED) is 0.763. The molecule has 0 atom stereocenters. The fraction of sp³-hybridized carbons (Fsp3) is 0.167. The highest BCUT2D eigenvalue weighted by Crippen LogP contribution is 2.14. The second-order valence-electron chi connectivity index (χ2n) is 3.92. The molecule has 6 heteroatoms. The zero-order valence-corrected chi connectivity index (χ0v) is 10.1. The van der Waals surface area contributed by atoms with Gasteiger partial charge < -0.3 is 20.9 Å². The van der Waals surface area contributed by atoms with Gasteiger partial charge in [0.05, 0.1) is 18.6 Å². The molecular weight excluding hydrogens is 230 g/mol. The van der Waals surface area contributed by atoms with Crippen molar-refractivity contribution in [2.75, 3.05) is 10.6 Å². The van der Waals surface area contributed by atoms with Crippen molar-refractivity contribution in [3.8, 4) is 0 Å². The Balaban J connectivity index is 1.94. The van der Waals surface area contributed by atoms with Gasteiger partial charge in [0.2, 0.25) is 0 Å². The molecule has 1 aromatic heterocycles. The van der Waals surface area contributed by atoms with Gasteiger partial charge in [-0.05, 0) is 24.3 Å². The average molecular weight is 245 g/mol. The molecule has 0 bridgehead atoms. The molecule has 0 unspecified atom stereocenters. The SMILES string of the molecule is Cn1cncc1CNc1ccc(NC(N)=O)cc1. The number of nitrogens with two attached hydrogens (primary N) is 1. The molecule has 2 amide bonds. The van der Waals surface area contributed by atoms with Crippen LogP contribution in [0.3, 0.4) is 0 Å². The first-order valence-corrected chi connectivity index (χ1v) is 5.51. The molecule has 0 spiro atoms. The number of nitrogens with zero attached hydrogens (tertiary/aromatic N) is 2. The highest BCUT2D eigenvalue weighted by molar-refractivity contribution is 5.87. The second kappa shape index (κ2) is 5.22. The summed E-state index contributed by atoms with van der Waals surface area (Å²) in [5.41, 5.74) is 7.76. The van der Waals surface area contributed by atoms with Crippen molar-refractivity contribution in [3.63, 3.8) is 0 Å². The molecule has 18 heavy (non-hydrogen) atoms. The van der Waals surface area contributed by atoms with Gasteiger partial charge in [0.15, 0.2) is 0 Å². The average Bonchev–Trinajstić information content (AvgIpc) is 2.73. The van der Waals surface area contributed by atoms with Gasteiger partial charge in [-0.25, -0.2) is 9.78 Å². The van der Waals surface area contributed by atoms with Gasteiger partial charge in [-0.2, -0.15) is 0 Å². The monoisotopic (exact) mass is 245 g/mol. The molecule has 0 aliphatic rings. The predicted octanol–water partition coefficient (Wildman–Crippen LogP) is 1.52. The molecule has 0 aliphatic carbocycles. The minimum absolute atomic E-state index is 0.564. The van der Waals surface area contributed by atoms with Crippen LogP contribution in [0.25, 0.3) is 0 Å². The van der Waals surface area contributed by atoms with Gasteiger partial charge in [-0.1, -0.05) is 0 Å². The summed E-state index contributed by atoms with van der Waals surface area (Å²) in [5.74, 6) is 0. The standard InChI is InChI=1S/C12H15N5O/c1-17-8-14-6-11(17)7-15-9-2-4-10(5-3-9)16-12(13)18/h2-6,8,15H,7H2,1H3,(H3,13,16,18). The number of urea groups is 1. The van der Waals surface area contributed by atoms with E-state index in [9.17, 15) is 4.79 Å². The van der Waals surface area contributed by atoms with Crippen LogP contribution in [0.1, 0.15) is 5.69 Å². The minimum Gasteiger partial charge on any atom is -0.379 e. The van der Waals surface area contributed by atoms with E-state index in [1.807, 2.05) is 29.9 Å². The summed E-state index contributed by atoms with van der Waals surface area (Å²) >= 11 is 0. The number of anilines is 2. The lowest BCUT2D eigenvalue weighted by Crippen LogP contribution is -2.19. The maximum Gasteiger partial charge on any atom is 0.316 e. The third-order valence-electron chi connectivity index (χ3n) is 2.54. The van der Waals surface area contributed by atoms with Crippen LogP contribution >= 0.6 is 0 Å². The van der Waals surface area contributed by atoms with Gasteiger partial charge in [-0.15, -0.1) is 0 Å². The van der Waals surface area contributed by atoms with E-state index in [2.05, 4.69) is 15.6 Å². The van der Waals surface area contributed by atoms with Crippen molar-refractivity contribution in [1.82, 2.24) is 9.55 Å². The molecule has 1 aromatic carbocycles. The number of carbonyl (C=O) groups excluding carboxylic acids is 1. The van der Waals surface area contributed by atoms with E-state index in [0.29, 0.717) is 12.2 Å². The molecule has 2 aromatic rings. The molecule has 0 saturated heterocycles. The van der Waals surface area contributed by atoms with Crippen molar-refractivity contribution in [2.45, 2.75) is 6.54 Å². The topological polar surface area (TPSA) is 85.0 Å². The van der Waals surface area contributed by atoms with Gasteiger partial charge >= 0.3 is 6.03 Å². The van der Waals surface area contributed by atoms with E-state index < -0.39 is 6.03 Å². The molecule has 0 fully saturated rings. The maximum atomic E-state index is 10.7. The Morgan fingerprint density at radius 3 is 2.56 bits per heavy atom. The Kier molecular flexibility index (Phi) is 3.47. The molecule has 1 heterocycles. The first-order valence-electron chi connectivity index (χ1n) is 5.51. The van der Waals surface area contributed by atoms with Crippen molar-refractivity contribution < 1.29 is 4.79 Å². The summed E-state index contributed by atoms with van der Waals surface area (Å²) in [7, 11) is 1.95. The normalized spacial score (nSPS) is 10.1. The molecule has 0 radical (unpaired) electrons. The van der Waals surface area contributed by atoms with E-state index in [0.717, 1.165) is 11.4 Å². The largest absolute Gasteiger partial charge is 0.379 e. The molecule has 4 N–H and O–H groups in total. The summed E-state index contributed by atoms with van der Waals surface area (Å²) in [6.07, 6.45) is 3.58. The highest BCUT2D eigenvalue weighted by Gasteiger charge is 1.99. The van der Waals surface area contributed by atoms with Gasteiger partial charge in [0.25, 0.3) is 0 Å². The number of hydrogen-bond donors (Lipinski definition) is 3. The number of hydrogen-bond acceptors (Lipinski definition) is 3. The van der Waals surface area contributed by atoms with Gasteiger partial charge in [0, 0.05) is 24.6 Å². The van der Waals surface area contributed by atoms with Gasteiger partial charge in [-0.3, -0.25) is 0 Å². The number of benzene rings is 1. The molecular formula is C12H15N5O. The lowest BCUT2D eigenvalue weighted by molar-refractivity contribution is 0.259. The maximum absolute atomic E-state index is 10.7. The number of carbonyl (C=O) groups is 1. The molecule has 0 aliphatic heterocycles. The molecule has 2 rings (SSSR count). The Hall–Kier alpha value is -2.50. The van der Waals surface area contributed by atoms with Crippen LogP contribution in [0, 0.1) is 0 Å². The Morgan fingerprint density at radius 1 is 1.33 bits per heavy atom. The van der Waals surface area contributed by atoms with Gasteiger partial charge in [0.1, 0.15) is 0 Å². The number of rotatable bonds is 4. The van der Waals surface area contributed by atoms with Crippen LogP contribution in [0.4, 0.5) is 16.2 Å². The van der Waals surface area contributed by atoms with Crippen LogP contribution in [-0.2, 0) is 13.6 Å². The molecule has 6 nitrogen and oxygen atoms in total. The number of aromatic nitrogens is 2. The lowest BCUT2D eigenvalue weighted by atomic mass is 10.2. The smallest absolute Gasteiger partial charge is 0.316 e. The van der Waals surface area contributed by atoms with E-state index >= 15 is 0 Å². The highest BCUT2D eigenvalue weighted by atomic mass is 16.2. The van der Waals surface area contributed by atoms with Crippen LogP contribution in [0.5, 0.6) is 0 Å². The first kappa shape index (κ1) is 12.0. The van der Waals surface area contributed by atoms with Crippen LogP contribution in [0.2, 0.25) is 0 Å². The summed E-state index contributed by atoms with van der Waals surface area (Å²) in [6.45, 7) is 0.694. The van der Waals surface area contributed by atoms with E-state index in [1.165, 1.54) is 0 Å². The molecule has 94 valence electrons. The Morgan fingerprint density at radius 2 is 2.00 bits per heavy atom. The number of imidazole rings is 1. The van der Waals surface area contributed by atoms with Crippen LogP contribution < -0.4 is 16.4 Å². The van der Waals surface area contributed by atoms with E-state index in [-0.39, 0.29) is 0 Å². The minimum atomic E-state index is -0.564. The number of amides is 2. The fourth-order valence-corrected chi connectivity index (χ4v) is 1.56. The van der Waals surface area contributed by atoms with Crippen molar-refractivity contribution in [1.29, 1.82) is 0 Å². The zero-order valence-electron chi connectivity index (χ0n) is 10.1. The summed E-state index contributed by atoms with van der Waals surface area (Å²) in [6, 6.07) is 6.77. The molecule has 0 saturated carbocycles. The number of nitrogens with one attached hydrogen (secondary N) is 2. The summed E-state index contributed by atoms with van der Waals surface area (Å²) in [4.78, 5) is 14.7. The van der Waals surface area contributed by atoms with Crippen molar-refractivity contribution in [3.05, 3.63) is 42.5 Å².